The van der Waals surface area contributed by atoms with Crippen molar-refractivity contribution in [3.05, 3.63) is 80.2 Å². The molecule has 0 spiro atoms. The Morgan fingerprint density at radius 1 is 0.744 bits per heavy atom. The molecule has 2 N–H and O–H groups in total. The molecule has 0 fully saturated rings. The fourth-order valence-corrected chi connectivity index (χ4v) is 2.48. The smallest absolute Gasteiger partial charge is 0.163 e. The van der Waals surface area contributed by atoms with E-state index in [9.17, 15) is 0 Å². The Morgan fingerprint density at radius 2 is 1.00 bits per heavy atom. The first-order chi connectivity index (χ1) is 18.9. The molecule has 1 heterocycles. The second-order valence-corrected chi connectivity index (χ2v) is 8.02. The summed E-state index contributed by atoms with van der Waals surface area (Å²) in [5.74, 6) is 0.205. The Bertz CT molecular complexity index is 1170. The molecule has 14 heteroatoms. The number of nitrogens with zero attached hydrogens (tertiary/aromatic N) is 4. The van der Waals surface area contributed by atoms with Gasteiger partial charge in [0.15, 0.2) is 23.0 Å². The van der Waals surface area contributed by atoms with Crippen LogP contribution in [0.25, 0.3) is 0 Å². The minimum absolute atomic E-state index is 0. The number of ether oxygens (including phenoxy) is 2. The summed E-state index contributed by atoms with van der Waals surface area (Å²) < 4.78 is 12.8. The SMILES string of the molecule is CC/C=C\CC.C[CH-]I.N#Cc1cc(O)c(O)cc1C#N.N#Cc1cc2c(cc1C#N)OC/C=C\CO2.[B].[B].[CH2-]I.[V].[V]. The zero-order valence-electron chi connectivity index (χ0n) is 24.0. The van der Waals surface area contributed by atoms with Gasteiger partial charge in [0.1, 0.15) is 37.5 Å². The molecular formula is C29H30B2I2N4O4V2-2. The number of fused-ring (bicyclic) bond motifs is 1. The van der Waals surface area contributed by atoms with Crippen molar-refractivity contribution in [3.63, 3.8) is 0 Å². The molecule has 0 aliphatic carbocycles. The first kappa shape index (κ1) is 53.4. The minimum Gasteiger partial charge on any atom is -0.504 e. The van der Waals surface area contributed by atoms with E-state index in [1.807, 2.05) is 58.2 Å². The van der Waals surface area contributed by atoms with Crippen LogP contribution in [0, 0.1) is 54.7 Å². The predicted octanol–water partition coefficient (Wildman–Crippen LogP) is 7.01. The van der Waals surface area contributed by atoms with Gasteiger partial charge >= 0.3 is 0 Å². The summed E-state index contributed by atoms with van der Waals surface area (Å²) in [4.78, 5) is 3.22. The van der Waals surface area contributed by atoms with Gasteiger partial charge in [-0.3, -0.25) is 9.36 Å². The number of benzene rings is 2. The molecule has 2 aromatic carbocycles. The largest absolute Gasteiger partial charge is 0.504 e. The molecule has 3 rings (SSSR count). The van der Waals surface area contributed by atoms with Crippen LogP contribution in [0.4, 0.5) is 0 Å². The molecule has 43 heavy (non-hydrogen) atoms. The van der Waals surface area contributed by atoms with Crippen molar-refractivity contribution in [2.45, 2.75) is 33.6 Å². The molecule has 2 aromatic rings. The van der Waals surface area contributed by atoms with Crippen molar-refractivity contribution in [1.82, 2.24) is 0 Å². The van der Waals surface area contributed by atoms with Crippen LogP contribution < -0.4 is 9.47 Å². The summed E-state index contributed by atoms with van der Waals surface area (Å²) >= 11 is 4.06. The van der Waals surface area contributed by atoms with Crippen molar-refractivity contribution in [2.75, 3.05) is 13.2 Å². The van der Waals surface area contributed by atoms with Crippen LogP contribution in [0.15, 0.2) is 48.6 Å². The first-order valence-electron chi connectivity index (χ1n) is 11.4. The average molecular weight is 876 g/mol. The zero-order chi connectivity index (χ0) is 30.1. The zero-order valence-corrected chi connectivity index (χ0v) is 31.1. The van der Waals surface area contributed by atoms with Crippen molar-refractivity contribution < 1.29 is 56.8 Å². The molecule has 1 aliphatic rings. The molecule has 8 radical (unpaired) electrons. The van der Waals surface area contributed by atoms with Gasteiger partial charge in [0.2, 0.25) is 0 Å². The number of hydrogen-bond acceptors (Lipinski definition) is 8. The van der Waals surface area contributed by atoms with E-state index in [0.29, 0.717) is 35.8 Å². The van der Waals surface area contributed by atoms with E-state index in [1.54, 1.807) is 12.1 Å². The second-order valence-electron chi connectivity index (χ2n) is 6.78. The Kier molecular flexibility index (Phi) is 44.7. The quantitative estimate of drug-likeness (QED) is 0.108. The Labute approximate surface area is 311 Å². The molecular weight excluding hydrogens is 846 g/mol. The standard InChI is InChI=1S/C12H8N2O2.C8H4N2O2.C6H12.C2H4I.CH2I.2B.2V/c13-7-9-5-11-12(6-10(9)8-14)16-4-2-1-3-15-11;9-3-5-1-7(11)8(12)2-6(5)4-10;1-3-5-6-4-2;1-2-3;1-2;;;;/h1-2,5-6H,3-4H2;1-2,11-12H;5-6H,3-4H2,1-2H3;2H,1H3;1H2;;;;/q;;;2*-1;;;;/b2-1-;;6-5-;;;;;;. The summed E-state index contributed by atoms with van der Waals surface area (Å²) in [6.07, 6.45) is 10.4. The molecule has 1 aliphatic heterocycles. The summed E-state index contributed by atoms with van der Waals surface area (Å²) in [7, 11) is 0. The molecule has 8 nitrogen and oxygen atoms in total. The third kappa shape index (κ3) is 23.0. The number of halogens is 2. The number of phenols is 2. The van der Waals surface area contributed by atoms with Crippen LogP contribution in [-0.2, 0) is 37.1 Å². The topological polar surface area (TPSA) is 154 Å². The number of nitriles is 4. The van der Waals surface area contributed by atoms with Crippen molar-refractivity contribution in [1.29, 1.82) is 21.0 Å². The molecule has 0 unspecified atom stereocenters. The van der Waals surface area contributed by atoms with Gasteiger partial charge in [-0.25, -0.2) is 0 Å². The second kappa shape index (κ2) is 36.0. The monoisotopic (exact) mass is 876 g/mol. The van der Waals surface area contributed by atoms with Crippen LogP contribution in [0.3, 0.4) is 0 Å². The van der Waals surface area contributed by atoms with Crippen LogP contribution in [0.1, 0.15) is 55.9 Å². The normalized spacial score (nSPS) is 10.0. The molecule has 222 valence electrons. The third-order valence-electron chi connectivity index (χ3n) is 4.16. The first-order valence-corrected chi connectivity index (χ1v) is 14.2. The number of allylic oxidation sites excluding steroid dienone is 2. The van der Waals surface area contributed by atoms with Crippen LogP contribution in [0.2, 0.25) is 0 Å². The van der Waals surface area contributed by atoms with E-state index >= 15 is 0 Å². The maximum absolute atomic E-state index is 8.94. The number of aromatic hydroxyl groups is 2. The van der Waals surface area contributed by atoms with Gasteiger partial charge in [-0.15, -0.1) is 0 Å². The maximum Gasteiger partial charge on any atom is 0.163 e. The molecule has 0 atom stereocenters. The van der Waals surface area contributed by atoms with E-state index < -0.39 is 11.5 Å². The van der Waals surface area contributed by atoms with Crippen molar-refractivity contribution in [3.8, 4) is 47.3 Å². The van der Waals surface area contributed by atoms with Gasteiger partial charge in [0, 0.05) is 78.2 Å². The predicted molar refractivity (Wildman–Crippen MR) is 180 cm³/mol. The van der Waals surface area contributed by atoms with Crippen LogP contribution >= 0.6 is 45.2 Å². The maximum atomic E-state index is 8.94. The summed E-state index contributed by atoms with van der Waals surface area (Å²) in [5, 5.41) is 52.6. The van der Waals surface area contributed by atoms with E-state index in [-0.39, 0.29) is 65.1 Å². The van der Waals surface area contributed by atoms with Gasteiger partial charge in [-0.2, -0.15) is 28.0 Å². The summed E-state index contributed by atoms with van der Waals surface area (Å²) in [6, 6.07) is 12.5. The van der Waals surface area contributed by atoms with E-state index in [0.717, 1.165) is 12.1 Å². The average Bonchev–Trinajstić information content (AvgIpc) is 2.95. The molecule has 0 saturated heterocycles. The molecule has 0 amide bonds. The van der Waals surface area contributed by atoms with Crippen LogP contribution in [0.5, 0.6) is 23.0 Å². The third-order valence-corrected chi connectivity index (χ3v) is 4.16. The summed E-state index contributed by atoms with van der Waals surface area (Å²) in [6.45, 7) is 7.15. The van der Waals surface area contributed by atoms with Gasteiger partial charge < -0.3 is 64.9 Å². The van der Waals surface area contributed by atoms with Gasteiger partial charge in [-0.1, -0.05) is 26.0 Å². The Morgan fingerprint density at radius 3 is 1.23 bits per heavy atom. The van der Waals surface area contributed by atoms with E-state index in [1.165, 1.54) is 25.0 Å². The fraction of sp³-hybridized carbons (Fsp3) is 0.241. The summed E-state index contributed by atoms with van der Waals surface area (Å²) in [5.41, 5.74) is 0.699. The van der Waals surface area contributed by atoms with Gasteiger partial charge in [0.25, 0.3) is 0 Å². The Hall–Kier alpha value is -2.16. The van der Waals surface area contributed by atoms with Crippen molar-refractivity contribution in [2.24, 2.45) is 0 Å². The molecule has 0 aromatic heterocycles. The number of rotatable bonds is 2. The number of hydrogen-bond donors (Lipinski definition) is 2. The van der Waals surface area contributed by atoms with E-state index in [4.69, 9.17) is 40.7 Å². The Balaban J connectivity index is -0.000000113. The van der Waals surface area contributed by atoms with E-state index in [2.05, 4.69) is 53.5 Å². The molecule has 0 bridgehead atoms. The fourth-order valence-electron chi connectivity index (χ4n) is 2.48. The minimum atomic E-state index is -0.398. The van der Waals surface area contributed by atoms with Gasteiger partial charge in [-0.05, 0) is 25.0 Å². The van der Waals surface area contributed by atoms with Crippen LogP contribution in [-0.4, -0.2) is 40.3 Å². The van der Waals surface area contributed by atoms with Gasteiger partial charge in [0.05, 0.1) is 22.3 Å². The number of phenolic OH excluding ortho intramolecular Hbond substituents is 2. The van der Waals surface area contributed by atoms with Crippen molar-refractivity contribution >= 4 is 62.0 Å². The molecule has 0 saturated carbocycles.